The van der Waals surface area contributed by atoms with Crippen LogP contribution in [0.4, 0.5) is 4.39 Å². The summed E-state index contributed by atoms with van der Waals surface area (Å²) >= 11 is 0. The van der Waals surface area contributed by atoms with Crippen molar-refractivity contribution in [1.29, 1.82) is 0 Å². The molecule has 0 unspecified atom stereocenters. The summed E-state index contributed by atoms with van der Waals surface area (Å²) in [4.78, 5) is 8.96. The van der Waals surface area contributed by atoms with Crippen LogP contribution in [0.5, 0.6) is 0 Å². The van der Waals surface area contributed by atoms with Gasteiger partial charge in [0.2, 0.25) is 5.82 Å². The van der Waals surface area contributed by atoms with Gasteiger partial charge in [-0.2, -0.15) is 4.98 Å². The van der Waals surface area contributed by atoms with Crippen molar-refractivity contribution in [3.8, 4) is 23.0 Å². The summed E-state index contributed by atoms with van der Waals surface area (Å²) in [5, 5.41) is 4.10. The summed E-state index contributed by atoms with van der Waals surface area (Å²) in [6.07, 6.45) is 1.35. The Hall–Kier alpha value is -3.32. The maximum atomic E-state index is 14.1. The van der Waals surface area contributed by atoms with Crippen molar-refractivity contribution in [3.63, 3.8) is 0 Å². The third kappa shape index (κ3) is 2.80. The SMILES string of the molecule is Cc1ccccc1-c1noc(-c2ncn3c2CO[C@H](c2ccccc2F)C3)n1. The fraction of sp³-hybridized carbons (Fsp3) is 0.190. The van der Waals surface area contributed by atoms with Crippen LogP contribution in [-0.4, -0.2) is 19.7 Å². The molecule has 0 aliphatic carbocycles. The van der Waals surface area contributed by atoms with Gasteiger partial charge in [-0.15, -0.1) is 0 Å². The molecule has 6 nitrogen and oxygen atoms in total. The molecule has 5 rings (SSSR count). The minimum Gasteiger partial charge on any atom is -0.365 e. The Morgan fingerprint density at radius 2 is 1.93 bits per heavy atom. The van der Waals surface area contributed by atoms with Gasteiger partial charge in [0, 0.05) is 11.1 Å². The molecule has 1 aliphatic rings. The van der Waals surface area contributed by atoms with E-state index in [2.05, 4.69) is 15.1 Å². The number of fused-ring (bicyclic) bond motifs is 1. The van der Waals surface area contributed by atoms with Gasteiger partial charge in [0.05, 0.1) is 25.2 Å². The van der Waals surface area contributed by atoms with E-state index in [1.807, 2.05) is 41.8 Å². The average molecular weight is 376 g/mol. The van der Waals surface area contributed by atoms with E-state index in [4.69, 9.17) is 9.26 Å². The van der Waals surface area contributed by atoms with Crippen LogP contribution in [0, 0.1) is 12.7 Å². The molecule has 1 aliphatic heterocycles. The van der Waals surface area contributed by atoms with Gasteiger partial charge < -0.3 is 13.8 Å². The monoisotopic (exact) mass is 376 g/mol. The summed E-state index contributed by atoms with van der Waals surface area (Å²) in [6.45, 7) is 2.76. The first-order valence-corrected chi connectivity index (χ1v) is 9.01. The zero-order valence-electron chi connectivity index (χ0n) is 15.2. The lowest BCUT2D eigenvalue weighted by Crippen LogP contribution is -2.21. The first-order chi connectivity index (χ1) is 13.7. The van der Waals surface area contributed by atoms with Gasteiger partial charge in [-0.25, -0.2) is 9.37 Å². The molecule has 0 saturated carbocycles. The summed E-state index contributed by atoms with van der Waals surface area (Å²) in [5.41, 5.74) is 3.97. The second-order valence-electron chi connectivity index (χ2n) is 6.75. The number of imidazole rings is 1. The highest BCUT2D eigenvalue weighted by Gasteiger charge is 2.28. The number of benzene rings is 2. The molecule has 0 amide bonds. The molecule has 0 fully saturated rings. The number of aryl methyl sites for hydroxylation is 1. The first kappa shape index (κ1) is 16.8. The standard InChI is InChI=1S/C21H17FN4O2/c1-13-6-2-3-7-14(13)20-24-21(28-25-20)19-17-11-27-18(10-26(17)12-23-19)15-8-4-5-9-16(15)22/h2-9,12,18H,10-11H2,1H3/t18-/m0/s1. The summed E-state index contributed by atoms with van der Waals surface area (Å²) in [6, 6.07) is 14.5. The van der Waals surface area contributed by atoms with Crippen LogP contribution in [0.25, 0.3) is 23.0 Å². The lowest BCUT2D eigenvalue weighted by atomic mass is 10.1. The van der Waals surface area contributed by atoms with E-state index in [0.29, 0.717) is 29.5 Å². The number of ether oxygens (including phenoxy) is 1. The molecule has 2 aromatic heterocycles. The van der Waals surface area contributed by atoms with Crippen LogP contribution >= 0.6 is 0 Å². The van der Waals surface area contributed by atoms with Crippen molar-refractivity contribution < 1.29 is 13.7 Å². The largest absolute Gasteiger partial charge is 0.365 e. The lowest BCUT2D eigenvalue weighted by molar-refractivity contribution is 0.00126. The molecule has 3 heterocycles. The molecule has 0 bridgehead atoms. The minimum atomic E-state index is -0.360. The maximum Gasteiger partial charge on any atom is 0.278 e. The van der Waals surface area contributed by atoms with Gasteiger partial charge in [0.1, 0.15) is 11.9 Å². The van der Waals surface area contributed by atoms with Crippen LogP contribution in [0.15, 0.2) is 59.4 Å². The Bertz CT molecular complexity index is 1150. The molecule has 0 spiro atoms. The van der Waals surface area contributed by atoms with Crippen LogP contribution in [0.2, 0.25) is 0 Å². The highest BCUT2D eigenvalue weighted by atomic mass is 19.1. The third-order valence-electron chi connectivity index (χ3n) is 5.00. The van der Waals surface area contributed by atoms with E-state index in [1.54, 1.807) is 18.5 Å². The molecular weight excluding hydrogens is 359 g/mol. The van der Waals surface area contributed by atoms with Gasteiger partial charge in [-0.05, 0) is 18.6 Å². The number of hydrogen-bond donors (Lipinski definition) is 0. The van der Waals surface area contributed by atoms with Gasteiger partial charge >= 0.3 is 0 Å². The van der Waals surface area contributed by atoms with Gasteiger partial charge in [-0.3, -0.25) is 0 Å². The van der Waals surface area contributed by atoms with Crippen molar-refractivity contribution in [1.82, 2.24) is 19.7 Å². The first-order valence-electron chi connectivity index (χ1n) is 9.01. The van der Waals surface area contributed by atoms with Crippen molar-refractivity contribution in [2.45, 2.75) is 26.2 Å². The molecule has 4 aromatic rings. The predicted molar refractivity (Wildman–Crippen MR) is 99.6 cm³/mol. The molecule has 1 atom stereocenters. The normalized spacial score (nSPS) is 16.1. The van der Waals surface area contributed by atoms with Crippen molar-refractivity contribution in [2.75, 3.05) is 0 Å². The predicted octanol–water partition coefficient (Wildman–Crippen LogP) is 4.32. The van der Waals surface area contributed by atoms with E-state index in [0.717, 1.165) is 16.8 Å². The smallest absolute Gasteiger partial charge is 0.278 e. The topological polar surface area (TPSA) is 66.0 Å². The number of hydrogen-bond acceptors (Lipinski definition) is 5. The molecule has 7 heteroatoms. The Morgan fingerprint density at radius 1 is 1.11 bits per heavy atom. The molecular formula is C21H17FN4O2. The zero-order chi connectivity index (χ0) is 19.1. The Morgan fingerprint density at radius 3 is 2.79 bits per heavy atom. The highest BCUT2D eigenvalue weighted by Crippen LogP contribution is 2.32. The second-order valence-corrected chi connectivity index (χ2v) is 6.75. The van der Waals surface area contributed by atoms with E-state index >= 15 is 0 Å². The number of nitrogens with zero attached hydrogens (tertiary/aromatic N) is 4. The molecule has 28 heavy (non-hydrogen) atoms. The molecule has 0 radical (unpaired) electrons. The number of rotatable bonds is 3. The molecule has 2 aromatic carbocycles. The zero-order valence-corrected chi connectivity index (χ0v) is 15.2. The summed E-state index contributed by atoms with van der Waals surface area (Å²) in [5.74, 6) is 0.604. The van der Waals surface area contributed by atoms with Gasteiger partial charge in [0.15, 0.2) is 5.69 Å². The quantitative estimate of drug-likeness (QED) is 0.533. The van der Waals surface area contributed by atoms with Crippen molar-refractivity contribution >= 4 is 0 Å². The molecule has 0 N–H and O–H groups in total. The van der Waals surface area contributed by atoms with Crippen LogP contribution in [0.1, 0.15) is 22.9 Å². The maximum absolute atomic E-state index is 14.1. The lowest BCUT2D eigenvalue weighted by Gasteiger charge is -2.25. The fourth-order valence-electron chi connectivity index (χ4n) is 3.48. The number of aromatic nitrogens is 4. The number of halogens is 1. The Kier molecular flexibility index (Phi) is 4.02. The van der Waals surface area contributed by atoms with Gasteiger partial charge in [-0.1, -0.05) is 47.6 Å². The van der Waals surface area contributed by atoms with Crippen molar-refractivity contribution in [3.05, 3.63) is 77.5 Å². The van der Waals surface area contributed by atoms with E-state index < -0.39 is 0 Å². The molecule has 140 valence electrons. The van der Waals surface area contributed by atoms with E-state index in [-0.39, 0.29) is 18.5 Å². The van der Waals surface area contributed by atoms with Gasteiger partial charge in [0.25, 0.3) is 5.89 Å². The van der Waals surface area contributed by atoms with E-state index in [9.17, 15) is 4.39 Å². The highest BCUT2D eigenvalue weighted by molar-refractivity contribution is 5.62. The average Bonchev–Trinajstić information content (AvgIpc) is 3.35. The minimum absolute atomic E-state index is 0.268. The van der Waals surface area contributed by atoms with Crippen molar-refractivity contribution in [2.24, 2.45) is 0 Å². The summed E-state index contributed by atoms with van der Waals surface area (Å²) < 4.78 is 27.4. The third-order valence-corrected chi connectivity index (χ3v) is 5.00. The van der Waals surface area contributed by atoms with Crippen LogP contribution in [-0.2, 0) is 17.9 Å². The second kappa shape index (κ2) is 6.69. The molecule has 0 saturated heterocycles. The van der Waals surface area contributed by atoms with Crippen LogP contribution in [0.3, 0.4) is 0 Å². The van der Waals surface area contributed by atoms with Crippen LogP contribution < -0.4 is 0 Å². The fourth-order valence-corrected chi connectivity index (χ4v) is 3.48. The summed E-state index contributed by atoms with van der Waals surface area (Å²) in [7, 11) is 0. The van der Waals surface area contributed by atoms with E-state index in [1.165, 1.54) is 6.07 Å². The Labute approximate surface area is 160 Å². The Balaban J connectivity index is 1.45.